The van der Waals surface area contributed by atoms with Crippen molar-refractivity contribution >= 4 is 0 Å². The number of rotatable bonds is 0. The summed E-state index contributed by atoms with van der Waals surface area (Å²) in [5.41, 5.74) is 2.96. The van der Waals surface area contributed by atoms with Gasteiger partial charge in [-0.15, -0.1) is 0 Å². The maximum absolute atomic E-state index is 8.46. The van der Waals surface area contributed by atoms with Crippen molar-refractivity contribution in [2.45, 2.75) is 12.8 Å². The van der Waals surface area contributed by atoms with Crippen LogP contribution in [0.2, 0.25) is 0 Å². The molecule has 48 valence electrons. The maximum atomic E-state index is 8.46. The van der Waals surface area contributed by atoms with Crippen LogP contribution in [0.15, 0.2) is 12.1 Å². The molecule has 0 unspecified atom stereocenters. The molecule has 0 spiro atoms. The van der Waals surface area contributed by atoms with Crippen molar-refractivity contribution in [2.75, 3.05) is 0 Å². The third kappa shape index (κ3) is 0.608. The Balaban J connectivity index is 2.54. The van der Waals surface area contributed by atoms with Crippen molar-refractivity contribution in [3.8, 4) is 6.07 Å². The minimum atomic E-state index is 0.540. The van der Waals surface area contributed by atoms with E-state index in [1.54, 1.807) is 6.07 Å². The maximum Gasteiger partial charge on any atom is 0.140 e. The van der Waals surface area contributed by atoms with Gasteiger partial charge in [0, 0.05) is 5.69 Å². The lowest BCUT2D eigenvalue weighted by Crippen LogP contribution is -2.11. The number of aryl methyl sites for hydroxylation is 2. The van der Waals surface area contributed by atoms with Crippen LogP contribution in [0.1, 0.15) is 17.0 Å². The Morgan fingerprint density at radius 2 is 2.30 bits per heavy atom. The fourth-order valence-corrected chi connectivity index (χ4v) is 1.11. The Morgan fingerprint density at radius 3 is 2.80 bits per heavy atom. The average molecular weight is 130 g/mol. The molecule has 0 saturated heterocycles. The number of pyridine rings is 1. The van der Waals surface area contributed by atoms with Gasteiger partial charge in [-0.05, 0) is 24.5 Å². The topological polar surface area (TPSA) is 36.7 Å². The van der Waals surface area contributed by atoms with Gasteiger partial charge < -0.3 is 0 Å². The molecule has 0 aliphatic heterocycles. The summed E-state index contributed by atoms with van der Waals surface area (Å²) >= 11 is 0. The molecule has 2 rings (SSSR count). The van der Waals surface area contributed by atoms with Crippen LogP contribution in [0.5, 0.6) is 0 Å². The van der Waals surface area contributed by atoms with Crippen LogP contribution in [0.25, 0.3) is 0 Å². The van der Waals surface area contributed by atoms with Crippen molar-refractivity contribution < 1.29 is 0 Å². The minimum absolute atomic E-state index is 0.540. The molecule has 2 heteroatoms. The standard InChI is InChI=1S/C8H6N2/c9-5-7-3-1-6-2-4-8(6)10-7/h1,3H,2,4H2. The molecule has 0 N–H and O–H groups in total. The summed E-state index contributed by atoms with van der Waals surface area (Å²) in [4.78, 5) is 4.12. The lowest BCUT2D eigenvalue weighted by atomic mass is 9.94. The van der Waals surface area contributed by atoms with Crippen LogP contribution in [0.4, 0.5) is 0 Å². The lowest BCUT2D eigenvalue weighted by Gasteiger charge is -2.15. The van der Waals surface area contributed by atoms with Crippen LogP contribution >= 0.6 is 0 Å². The molecule has 0 bridgehead atoms. The number of nitrogens with zero attached hydrogens (tertiary/aromatic N) is 2. The van der Waals surface area contributed by atoms with Crippen molar-refractivity contribution in [2.24, 2.45) is 0 Å². The van der Waals surface area contributed by atoms with Crippen LogP contribution in [0.3, 0.4) is 0 Å². The molecule has 10 heavy (non-hydrogen) atoms. The second-order valence-corrected chi connectivity index (χ2v) is 2.41. The molecule has 1 heterocycles. The molecule has 1 aromatic heterocycles. The zero-order valence-corrected chi connectivity index (χ0v) is 5.46. The third-order valence-corrected chi connectivity index (χ3v) is 1.81. The summed E-state index contributed by atoms with van der Waals surface area (Å²) in [5.74, 6) is 0. The van der Waals surface area contributed by atoms with Gasteiger partial charge in [0.1, 0.15) is 11.8 Å². The van der Waals surface area contributed by atoms with Crippen LogP contribution in [0, 0.1) is 11.3 Å². The number of aromatic nitrogens is 1. The highest BCUT2D eigenvalue weighted by atomic mass is 14.7. The van der Waals surface area contributed by atoms with E-state index in [-0.39, 0.29) is 0 Å². The van der Waals surface area contributed by atoms with E-state index < -0.39 is 0 Å². The van der Waals surface area contributed by atoms with Gasteiger partial charge in [0.2, 0.25) is 0 Å². The van der Waals surface area contributed by atoms with Crippen molar-refractivity contribution in [3.05, 3.63) is 29.1 Å². The van der Waals surface area contributed by atoms with E-state index in [1.165, 1.54) is 5.56 Å². The van der Waals surface area contributed by atoms with E-state index in [4.69, 9.17) is 5.26 Å². The number of hydrogen-bond acceptors (Lipinski definition) is 2. The first kappa shape index (κ1) is 5.43. The molecule has 0 aromatic carbocycles. The zero-order valence-electron chi connectivity index (χ0n) is 5.46. The van der Waals surface area contributed by atoms with Crippen LogP contribution < -0.4 is 0 Å². The van der Waals surface area contributed by atoms with Gasteiger partial charge in [0.15, 0.2) is 0 Å². The number of nitriles is 1. The Hall–Kier alpha value is -1.36. The van der Waals surface area contributed by atoms with Gasteiger partial charge >= 0.3 is 0 Å². The third-order valence-electron chi connectivity index (χ3n) is 1.81. The smallest absolute Gasteiger partial charge is 0.140 e. The fraction of sp³-hybridized carbons (Fsp3) is 0.250. The van der Waals surface area contributed by atoms with E-state index in [2.05, 4.69) is 4.98 Å². The van der Waals surface area contributed by atoms with Crippen LogP contribution in [-0.4, -0.2) is 4.98 Å². The second kappa shape index (κ2) is 1.81. The molecule has 1 aliphatic rings. The highest BCUT2D eigenvalue weighted by Gasteiger charge is 2.13. The normalized spacial score (nSPS) is 13.1. The van der Waals surface area contributed by atoms with Gasteiger partial charge in [-0.25, -0.2) is 4.98 Å². The van der Waals surface area contributed by atoms with E-state index in [0.717, 1.165) is 18.5 Å². The molecule has 0 atom stereocenters. The lowest BCUT2D eigenvalue weighted by molar-refractivity contribution is 0.785. The van der Waals surface area contributed by atoms with E-state index >= 15 is 0 Å². The SMILES string of the molecule is N#Cc1ccc2c(n1)CC2. The molecule has 2 nitrogen and oxygen atoms in total. The van der Waals surface area contributed by atoms with Gasteiger partial charge in [0.05, 0.1) is 0 Å². The molecule has 1 aliphatic carbocycles. The molecular formula is C8H6N2. The van der Waals surface area contributed by atoms with Gasteiger partial charge in [-0.2, -0.15) is 5.26 Å². The van der Waals surface area contributed by atoms with Gasteiger partial charge in [-0.1, -0.05) is 6.07 Å². The summed E-state index contributed by atoms with van der Waals surface area (Å²) in [7, 11) is 0. The van der Waals surface area contributed by atoms with Gasteiger partial charge in [-0.3, -0.25) is 0 Å². The Labute approximate surface area is 59.1 Å². The first-order chi connectivity index (χ1) is 4.90. The first-order valence-corrected chi connectivity index (χ1v) is 3.29. The Kier molecular flexibility index (Phi) is 0.983. The Morgan fingerprint density at radius 1 is 1.40 bits per heavy atom. The summed E-state index contributed by atoms with van der Waals surface area (Å²) < 4.78 is 0. The quantitative estimate of drug-likeness (QED) is 0.526. The van der Waals surface area contributed by atoms with Gasteiger partial charge in [0.25, 0.3) is 0 Å². The Bertz CT molecular complexity index is 310. The fourth-order valence-electron chi connectivity index (χ4n) is 1.11. The highest BCUT2D eigenvalue weighted by molar-refractivity contribution is 5.34. The second-order valence-electron chi connectivity index (χ2n) is 2.41. The van der Waals surface area contributed by atoms with Crippen molar-refractivity contribution in [1.82, 2.24) is 4.98 Å². The zero-order chi connectivity index (χ0) is 6.97. The summed E-state index contributed by atoms with van der Waals surface area (Å²) in [6.07, 6.45) is 2.18. The molecule has 0 radical (unpaired) electrons. The predicted octanol–water partition coefficient (Wildman–Crippen LogP) is 1.05. The number of fused-ring (bicyclic) bond motifs is 1. The monoisotopic (exact) mass is 130 g/mol. The van der Waals surface area contributed by atoms with E-state index in [1.807, 2.05) is 12.1 Å². The molecule has 1 aromatic rings. The number of hydrogen-bond donors (Lipinski definition) is 0. The molecular weight excluding hydrogens is 124 g/mol. The summed E-state index contributed by atoms with van der Waals surface area (Å²) in [6.45, 7) is 0. The first-order valence-electron chi connectivity index (χ1n) is 3.29. The predicted molar refractivity (Wildman–Crippen MR) is 36.4 cm³/mol. The van der Waals surface area contributed by atoms with E-state index in [9.17, 15) is 0 Å². The summed E-state index contributed by atoms with van der Waals surface area (Å²) in [6, 6.07) is 5.78. The highest BCUT2D eigenvalue weighted by Crippen LogP contribution is 2.19. The largest absolute Gasteiger partial charge is 0.242 e. The molecule has 0 fully saturated rings. The average Bonchev–Trinajstić information content (AvgIpc) is 1.92. The summed E-state index contributed by atoms with van der Waals surface area (Å²) in [5, 5.41) is 8.46. The van der Waals surface area contributed by atoms with Crippen molar-refractivity contribution in [3.63, 3.8) is 0 Å². The van der Waals surface area contributed by atoms with Crippen molar-refractivity contribution in [1.29, 1.82) is 5.26 Å². The molecule has 0 saturated carbocycles. The molecule has 0 amide bonds. The van der Waals surface area contributed by atoms with Crippen LogP contribution in [-0.2, 0) is 12.8 Å². The van der Waals surface area contributed by atoms with E-state index in [0.29, 0.717) is 5.69 Å². The minimum Gasteiger partial charge on any atom is -0.242 e.